The molecule has 0 atom stereocenters. The van der Waals surface area contributed by atoms with Gasteiger partial charge in [-0.1, -0.05) is 19.9 Å². The number of aromatic nitrogens is 4. The molecule has 3 aliphatic rings. The first kappa shape index (κ1) is 25.2. The summed E-state index contributed by atoms with van der Waals surface area (Å²) in [4.78, 5) is 22.6. The number of piperidine rings is 1. The lowest BCUT2D eigenvalue weighted by Gasteiger charge is -2.47. The lowest BCUT2D eigenvalue weighted by molar-refractivity contribution is -0.158. The minimum absolute atomic E-state index is 0.0806. The molecule has 38 heavy (non-hydrogen) atoms. The van der Waals surface area contributed by atoms with Gasteiger partial charge in [0.15, 0.2) is 0 Å². The summed E-state index contributed by atoms with van der Waals surface area (Å²) in [6.45, 7) is 8.47. The summed E-state index contributed by atoms with van der Waals surface area (Å²) in [5.74, 6) is 2.55. The zero-order valence-electron chi connectivity index (χ0n) is 22.2. The quantitative estimate of drug-likeness (QED) is 0.480. The molecular formula is C27H35N7O3S. The molecule has 3 fully saturated rings. The molecule has 2 aromatic heterocycles. The largest absolute Gasteiger partial charge is 0.375 e. The predicted molar refractivity (Wildman–Crippen MR) is 149 cm³/mol. The molecule has 0 bridgehead atoms. The highest BCUT2D eigenvalue weighted by molar-refractivity contribution is 7.90. The lowest BCUT2D eigenvalue weighted by Crippen LogP contribution is -2.52. The maximum absolute atomic E-state index is 11.7. The molecule has 0 aliphatic carbocycles. The maximum atomic E-state index is 11.7. The minimum atomic E-state index is -2.97. The topological polar surface area (TPSA) is 113 Å². The van der Waals surface area contributed by atoms with Crippen molar-refractivity contribution in [3.63, 3.8) is 0 Å². The Labute approximate surface area is 223 Å². The van der Waals surface area contributed by atoms with Crippen LogP contribution in [0, 0.1) is 5.92 Å². The summed E-state index contributed by atoms with van der Waals surface area (Å²) >= 11 is 0. The molecule has 3 aromatic rings. The SMILES string of the molecule is CC(C)c1ccc(N2CC(CS(C)(=O)=O)C2)c2cnc(Nc3ncnc(N4CCC5(CCO5)CC4)n3)cc12. The Hall–Kier alpha value is -3.05. The number of hydrogen-bond acceptors (Lipinski definition) is 10. The maximum Gasteiger partial charge on any atom is 0.233 e. The zero-order chi connectivity index (χ0) is 26.5. The van der Waals surface area contributed by atoms with E-state index in [0.29, 0.717) is 23.6 Å². The van der Waals surface area contributed by atoms with Gasteiger partial charge >= 0.3 is 0 Å². The van der Waals surface area contributed by atoms with Gasteiger partial charge in [-0.15, -0.1) is 0 Å². The second-order valence-electron chi connectivity index (χ2n) is 11.3. The average Bonchev–Trinajstić information content (AvgIpc) is 2.84. The second kappa shape index (κ2) is 9.60. The van der Waals surface area contributed by atoms with E-state index in [-0.39, 0.29) is 17.3 Å². The smallest absolute Gasteiger partial charge is 0.233 e. The van der Waals surface area contributed by atoms with Gasteiger partial charge in [-0.3, -0.25) is 0 Å². The molecule has 10 nitrogen and oxygen atoms in total. The molecule has 6 rings (SSSR count). The van der Waals surface area contributed by atoms with Crippen LogP contribution in [-0.4, -0.2) is 78.7 Å². The van der Waals surface area contributed by atoms with Crippen LogP contribution < -0.4 is 15.1 Å². The van der Waals surface area contributed by atoms with Crippen LogP contribution in [0.25, 0.3) is 10.8 Å². The molecule has 5 heterocycles. The van der Waals surface area contributed by atoms with Gasteiger partial charge in [-0.25, -0.2) is 23.4 Å². The highest BCUT2D eigenvalue weighted by atomic mass is 32.2. The van der Waals surface area contributed by atoms with Crippen LogP contribution in [0.1, 0.15) is 44.6 Å². The number of benzene rings is 1. The van der Waals surface area contributed by atoms with E-state index in [9.17, 15) is 8.42 Å². The van der Waals surface area contributed by atoms with Crippen LogP contribution in [0.5, 0.6) is 0 Å². The van der Waals surface area contributed by atoms with Gasteiger partial charge in [0.25, 0.3) is 0 Å². The second-order valence-corrected chi connectivity index (χ2v) is 13.5. The average molecular weight is 538 g/mol. The highest BCUT2D eigenvalue weighted by Crippen LogP contribution is 2.38. The number of pyridine rings is 1. The van der Waals surface area contributed by atoms with Crippen LogP contribution in [0.4, 0.5) is 23.4 Å². The number of fused-ring (bicyclic) bond motifs is 1. The van der Waals surface area contributed by atoms with Crippen molar-refractivity contribution in [2.75, 3.05) is 59.9 Å². The molecule has 1 N–H and O–H groups in total. The number of rotatable bonds is 7. The normalized spacial score (nSPS) is 19.6. The lowest BCUT2D eigenvalue weighted by atomic mass is 9.84. The standard InChI is InChI=1S/C27H35N7O3S/c1-18(2)20-4-5-23(34-14-19(15-34)16-38(3,35)36)22-13-28-24(12-21(20)22)31-25-29-17-30-26(32-25)33-9-6-27(7-10-33)8-11-37-27/h4-5,12-13,17-19H,6-11,14-16H2,1-3H3,(H,28,29,30,31,32). The predicted octanol–water partition coefficient (Wildman–Crippen LogP) is 3.53. The number of nitrogens with one attached hydrogen (secondary N) is 1. The molecule has 0 amide bonds. The van der Waals surface area contributed by atoms with Crippen molar-refractivity contribution < 1.29 is 13.2 Å². The van der Waals surface area contributed by atoms with Crippen molar-refractivity contribution in [1.82, 2.24) is 19.9 Å². The van der Waals surface area contributed by atoms with Crippen LogP contribution in [0.3, 0.4) is 0 Å². The van der Waals surface area contributed by atoms with Crippen LogP contribution in [0.2, 0.25) is 0 Å². The van der Waals surface area contributed by atoms with Gasteiger partial charge in [0.1, 0.15) is 22.0 Å². The molecule has 3 aliphatic heterocycles. The number of anilines is 4. The molecular weight excluding hydrogens is 502 g/mol. The van der Waals surface area contributed by atoms with Gasteiger partial charge in [0.05, 0.1) is 18.0 Å². The van der Waals surface area contributed by atoms with Crippen molar-refractivity contribution in [1.29, 1.82) is 0 Å². The Kier molecular flexibility index (Phi) is 6.38. The summed E-state index contributed by atoms with van der Waals surface area (Å²) in [5, 5.41) is 5.47. The highest BCUT2D eigenvalue weighted by Gasteiger charge is 2.41. The number of nitrogens with zero attached hydrogens (tertiary/aromatic N) is 6. The van der Waals surface area contributed by atoms with Gasteiger partial charge in [-0.05, 0) is 48.3 Å². The van der Waals surface area contributed by atoms with Crippen molar-refractivity contribution in [2.45, 2.75) is 44.6 Å². The van der Waals surface area contributed by atoms with Crippen molar-refractivity contribution in [3.8, 4) is 0 Å². The van der Waals surface area contributed by atoms with Gasteiger partial charge in [0.2, 0.25) is 11.9 Å². The summed E-state index contributed by atoms with van der Waals surface area (Å²) in [7, 11) is -2.97. The fraction of sp³-hybridized carbons (Fsp3) is 0.556. The summed E-state index contributed by atoms with van der Waals surface area (Å²) < 4.78 is 29.2. The molecule has 0 unspecified atom stereocenters. The Balaban J connectivity index is 1.22. The van der Waals surface area contributed by atoms with Crippen LogP contribution in [0.15, 0.2) is 30.7 Å². The Morgan fingerprint density at radius 2 is 1.84 bits per heavy atom. The Bertz CT molecular complexity index is 1440. The van der Waals surface area contributed by atoms with E-state index in [1.807, 2.05) is 6.20 Å². The number of ether oxygens (including phenoxy) is 1. The van der Waals surface area contributed by atoms with Gasteiger partial charge in [-0.2, -0.15) is 4.98 Å². The third-order valence-electron chi connectivity index (χ3n) is 8.09. The van der Waals surface area contributed by atoms with E-state index < -0.39 is 9.84 Å². The number of hydrogen-bond donors (Lipinski definition) is 1. The summed E-state index contributed by atoms with van der Waals surface area (Å²) in [6, 6.07) is 6.37. The van der Waals surface area contributed by atoms with Crippen LogP contribution in [-0.2, 0) is 14.6 Å². The van der Waals surface area contributed by atoms with Gasteiger partial charge < -0.3 is 19.9 Å². The molecule has 0 radical (unpaired) electrons. The van der Waals surface area contributed by atoms with E-state index >= 15 is 0 Å². The minimum Gasteiger partial charge on any atom is -0.375 e. The van der Waals surface area contributed by atoms with E-state index in [4.69, 9.17) is 9.72 Å². The zero-order valence-corrected chi connectivity index (χ0v) is 23.0. The molecule has 3 saturated heterocycles. The third-order valence-corrected chi connectivity index (χ3v) is 9.17. The van der Waals surface area contributed by atoms with Gasteiger partial charge in [0, 0.05) is 55.6 Å². The van der Waals surface area contributed by atoms with Crippen molar-refractivity contribution in [3.05, 3.63) is 36.3 Å². The molecule has 1 spiro atoms. The van der Waals surface area contributed by atoms with Crippen molar-refractivity contribution in [2.24, 2.45) is 5.92 Å². The first-order valence-electron chi connectivity index (χ1n) is 13.4. The first-order chi connectivity index (χ1) is 18.2. The van der Waals surface area contributed by atoms with Crippen LogP contribution >= 0.6 is 0 Å². The molecule has 0 saturated carbocycles. The monoisotopic (exact) mass is 537 g/mol. The fourth-order valence-corrected chi connectivity index (χ4v) is 6.98. The fourth-order valence-electron chi connectivity index (χ4n) is 5.91. The Morgan fingerprint density at radius 3 is 2.50 bits per heavy atom. The van der Waals surface area contributed by atoms with E-state index in [1.54, 1.807) is 6.33 Å². The molecule has 202 valence electrons. The third kappa shape index (κ3) is 5.01. The summed E-state index contributed by atoms with van der Waals surface area (Å²) in [5.41, 5.74) is 2.41. The van der Waals surface area contributed by atoms with E-state index in [1.165, 1.54) is 11.8 Å². The Morgan fingerprint density at radius 1 is 1.08 bits per heavy atom. The molecule has 1 aromatic carbocycles. The van der Waals surface area contributed by atoms with Crippen molar-refractivity contribution >= 4 is 44.0 Å². The first-order valence-corrected chi connectivity index (χ1v) is 15.4. The summed E-state index contributed by atoms with van der Waals surface area (Å²) in [6.07, 6.45) is 7.90. The van der Waals surface area contributed by atoms with E-state index in [0.717, 1.165) is 68.5 Å². The number of sulfone groups is 1. The molecule has 11 heteroatoms. The van der Waals surface area contributed by atoms with E-state index in [2.05, 4.69) is 62.1 Å².